The number of likely N-dealkylation sites (tertiary alicyclic amines) is 1. The van der Waals surface area contributed by atoms with Crippen LogP contribution >= 0.6 is 0 Å². The molecule has 0 radical (unpaired) electrons. The molecule has 1 aliphatic rings. The SMILES string of the molecule is COc1cccc([C@@H]2CN(Cc3cccc(C(F)(F)F)c3)C[C@@H]2CN(CC(C)C)C(=O)C(C)C)c1. The first-order chi connectivity index (χ1) is 16.5. The molecule has 0 unspecified atom stereocenters. The molecule has 0 N–H and O–H groups in total. The van der Waals surface area contributed by atoms with Crippen LogP contribution in [0.2, 0.25) is 0 Å². The molecule has 2 aromatic carbocycles. The van der Waals surface area contributed by atoms with E-state index < -0.39 is 11.7 Å². The molecular weight excluding hydrogens is 453 g/mol. The zero-order chi connectivity index (χ0) is 25.8. The van der Waals surface area contributed by atoms with E-state index in [1.165, 1.54) is 12.1 Å². The van der Waals surface area contributed by atoms with Gasteiger partial charge in [0.2, 0.25) is 5.91 Å². The first kappa shape index (κ1) is 27.1. The molecule has 192 valence electrons. The Kier molecular flexibility index (Phi) is 8.86. The van der Waals surface area contributed by atoms with E-state index in [1.54, 1.807) is 13.2 Å². The molecule has 0 aliphatic carbocycles. The number of methoxy groups -OCH3 is 1. The molecule has 0 aromatic heterocycles. The Labute approximate surface area is 207 Å². The minimum absolute atomic E-state index is 0.0911. The summed E-state index contributed by atoms with van der Waals surface area (Å²) in [6.45, 7) is 11.2. The molecule has 35 heavy (non-hydrogen) atoms. The molecule has 0 spiro atoms. The molecule has 1 heterocycles. The molecule has 3 rings (SSSR count). The number of alkyl halides is 3. The summed E-state index contributed by atoms with van der Waals surface area (Å²) in [6, 6.07) is 13.5. The van der Waals surface area contributed by atoms with Gasteiger partial charge in [0.1, 0.15) is 5.75 Å². The van der Waals surface area contributed by atoms with Crippen molar-refractivity contribution in [1.82, 2.24) is 9.80 Å². The van der Waals surface area contributed by atoms with Gasteiger partial charge >= 0.3 is 6.18 Å². The summed E-state index contributed by atoms with van der Waals surface area (Å²) in [5, 5.41) is 0. The summed E-state index contributed by atoms with van der Waals surface area (Å²) in [6.07, 6.45) is -4.36. The van der Waals surface area contributed by atoms with Crippen LogP contribution in [0.5, 0.6) is 5.75 Å². The maximum absolute atomic E-state index is 13.2. The van der Waals surface area contributed by atoms with Crippen molar-refractivity contribution in [3.63, 3.8) is 0 Å². The van der Waals surface area contributed by atoms with Crippen LogP contribution in [0.1, 0.15) is 50.3 Å². The van der Waals surface area contributed by atoms with Crippen molar-refractivity contribution in [2.75, 3.05) is 33.3 Å². The lowest BCUT2D eigenvalue weighted by Crippen LogP contribution is -2.41. The fourth-order valence-electron chi connectivity index (χ4n) is 4.97. The molecule has 2 aromatic rings. The van der Waals surface area contributed by atoms with E-state index in [9.17, 15) is 18.0 Å². The lowest BCUT2D eigenvalue weighted by atomic mass is 9.88. The van der Waals surface area contributed by atoms with E-state index in [-0.39, 0.29) is 23.7 Å². The minimum Gasteiger partial charge on any atom is -0.497 e. The standard InChI is InChI=1S/C28H37F3N2O2/c1-19(2)14-33(27(34)20(3)4)17-23-16-32(15-21-8-6-10-24(12-21)28(29,30)31)18-26(23)22-9-7-11-25(13-22)35-5/h6-13,19-20,23,26H,14-18H2,1-5H3/t23-,26+/m1/s1. The second kappa shape index (κ2) is 11.5. The van der Waals surface area contributed by atoms with Gasteiger partial charge in [0.15, 0.2) is 0 Å². The van der Waals surface area contributed by atoms with Crippen LogP contribution in [0, 0.1) is 17.8 Å². The number of nitrogens with zero attached hydrogens (tertiary/aromatic N) is 2. The first-order valence-corrected chi connectivity index (χ1v) is 12.3. The van der Waals surface area contributed by atoms with E-state index >= 15 is 0 Å². The third-order valence-corrected chi connectivity index (χ3v) is 6.55. The van der Waals surface area contributed by atoms with Crippen molar-refractivity contribution >= 4 is 5.91 Å². The number of carbonyl (C=O) groups excluding carboxylic acids is 1. The highest BCUT2D eigenvalue weighted by molar-refractivity contribution is 5.78. The summed E-state index contributed by atoms with van der Waals surface area (Å²) in [5.74, 6) is 1.47. The van der Waals surface area contributed by atoms with Crippen molar-refractivity contribution in [3.8, 4) is 5.75 Å². The van der Waals surface area contributed by atoms with Gasteiger partial charge in [-0.2, -0.15) is 13.2 Å². The van der Waals surface area contributed by atoms with Gasteiger partial charge < -0.3 is 9.64 Å². The van der Waals surface area contributed by atoms with Crippen molar-refractivity contribution in [2.24, 2.45) is 17.8 Å². The zero-order valence-electron chi connectivity index (χ0n) is 21.3. The normalized spacial score (nSPS) is 18.9. The number of benzene rings is 2. The Morgan fingerprint density at radius 2 is 1.80 bits per heavy atom. The third-order valence-electron chi connectivity index (χ3n) is 6.55. The Morgan fingerprint density at radius 1 is 1.09 bits per heavy atom. The van der Waals surface area contributed by atoms with Gasteiger partial charge in [0, 0.05) is 44.6 Å². The van der Waals surface area contributed by atoms with E-state index in [4.69, 9.17) is 4.74 Å². The third kappa shape index (κ3) is 7.23. The molecule has 7 heteroatoms. The van der Waals surface area contributed by atoms with Crippen LogP contribution in [0.3, 0.4) is 0 Å². The molecule has 1 aliphatic heterocycles. The summed E-state index contributed by atoms with van der Waals surface area (Å²) in [4.78, 5) is 17.2. The predicted molar refractivity (Wildman–Crippen MR) is 132 cm³/mol. The number of carbonyl (C=O) groups is 1. The molecule has 1 fully saturated rings. The number of hydrogen-bond acceptors (Lipinski definition) is 3. The maximum Gasteiger partial charge on any atom is 0.416 e. The molecule has 1 amide bonds. The van der Waals surface area contributed by atoms with Crippen LogP contribution in [-0.4, -0.2) is 49.0 Å². The fraction of sp³-hybridized carbons (Fsp3) is 0.536. The number of rotatable bonds is 9. The molecule has 1 saturated heterocycles. The van der Waals surface area contributed by atoms with E-state index in [2.05, 4.69) is 24.8 Å². The molecule has 4 nitrogen and oxygen atoms in total. The van der Waals surface area contributed by atoms with Crippen molar-refractivity contribution in [1.29, 1.82) is 0 Å². The Morgan fingerprint density at radius 3 is 2.43 bits per heavy atom. The van der Waals surface area contributed by atoms with E-state index in [0.29, 0.717) is 44.2 Å². The minimum atomic E-state index is -4.36. The molecular formula is C28H37F3N2O2. The van der Waals surface area contributed by atoms with Gasteiger partial charge in [-0.3, -0.25) is 9.69 Å². The maximum atomic E-state index is 13.2. The average molecular weight is 491 g/mol. The molecule has 0 saturated carbocycles. The van der Waals surface area contributed by atoms with Crippen molar-refractivity contribution in [3.05, 3.63) is 65.2 Å². The van der Waals surface area contributed by atoms with Crippen LogP contribution in [0.4, 0.5) is 13.2 Å². The van der Waals surface area contributed by atoms with Crippen molar-refractivity contribution < 1.29 is 22.7 Å². The molecule has 0 bridgehead atoms. The highest BCUT2D eigenvalue weighted by Crippen LogP contribution is 2.36. The monoisotopic (exact) mass is 490 g/mol. The largest absolute Gasteiger partial charge is 0.497 e. The molecule has 2 atom stereocenters. The second-order valence-corrected chi connectivity index (χ2v) is 10.3. The van der Waals surface area contributed by atoms with Gasteiger partial charge in [-0.25, -0.2) is 0 Å². The van der Waals surface area contributed by atoms with Crippen LogP contribution in [0.15, 0.2) is 48.5 Å². The lowest BCUT2D eigenvalue weighted by Gasteiger charge is -2.31. The van der Waals surface area contributed by atoms with Crippen LogP contribution in [-0.2, 0) is 17.5 Å². The summed E-state index contributed by atoms with van der Waals surface area (Å²) in [5.41, 5.74) is 1.14. The Balaban J connectivity index is 1.87. The van der Waals surface area contributed by atoms with Crippen LogP contribution < -0.4 is 4.74 Å². The second-order valence-electron chi connectivity index (χ2n) is 10.3. The van der Waals surface area contributed by atoms with Crippen LogP contribution in [0.25, 0.3) is 0 Å². The van der Waals surface area contributed by atoms with E-state index in [0.717, 1.165) is 17.4 Å². The Hall–Kier alpha value is -2.54. The number of halogens is 3. The van der Waals surface area contributed by atoms with E-state index in [1.807, 2.05) is 36.9 Å². The van der Waals surface area contributed by atoms with Gasteiger partial charge in [-0.15, -0.1) is 0 Å². The average Bonchev–Trinajstić information content (AvgIpc) is 3.19. The summed E-state index contributed by atoms with van der Waals surface area (Å²) < 4.78 is 45.1. The highest BCUT2D eigenvalue weighted by atomic mass is 19.4. The van der Waals surface area contributed by atoms with Gasteiger partial charge in [-0.1, -0.05) is 58.0 Å². The first-order valence-electron chi connectivity index (χ1n) is 12.3. The predicted octanol–water partition coefficient (Wildman–Crippen LogP) is 6.07. The van der Waals surface area contributed by atoms with Gasteiger partial charge in [0.25, 0.3) is 0 Å². The zero-order valence-corrected chi connectivity index (χ0v) is 21.3. The number of ether oxygens (including phenoxy) is 1. The smallest absolute Gasteiger partial charge is 0.416 e. The summed E-state index contributed by atoms with van der Waals surface area (Å²) in [7, 11) is 1.64. The Bertz CT molecular complexity index is 990. The van der Waals surface area contributed by atoms with Gasteiger partial charge in [-0.05, 0) is 41.2 Å². The quantitative estimate of drug-likeness (QED) is 0.428. The number of hydrogen-bond donors (Lipinski definition) is 0. The van der Waals surface area contributed by atoms with Gasteiger partial charge in [0.05, 0.1) is 12.7 Å². The van der Waals surface area contributed by atoms with Crippen molar-refractivity contribution in [2.45, 2.75) is 46.3 Å². The lowest BCUT2D eigenvalue weighted by molar-refractivity contribution is -0.137. The fourth-order valence-corrected chi connectivity index (χ4v) is 4.97. The number of amides is 1. The topological polar surface area (TPSA) is 32.8 Å². The summed E-state index contributed by atoms with van der Waals surface area (Å²) >= 11 is 0. The highest BCUT2D eigenvalue weighted by Gasteiger charge is 2.37.